The molecule has 2 saturated carbocycles. The molecular weight excluding hydrogens is 258 g/mol. The normalized spacial score (nSPS) is 30.7. The van der Waals surface area contributed by atoms with Crippen molar-refractivity contribution in [1.29, 1.82) is 0 Å². The highest BCUT2D eigenvalue weighted by Gasteiger charge is 2.38. The van der Waals surface area contributed by atoms with E-state index in [9.17, 15) is 5.11 Å². The first-order valence-electron chi connectivity index (χ1n) is 7.37. The van der Waals surface area contributed by atoms with Crippen LogP contribution in [0, 0.1) is 17.8 Å². The molecule has 3 heteroatoms. The Bertz CT molecular complexity index is 437. The average Bonchev–Trinajstić information content (AvgIpc) is 3.01. The summed E-state index contributed by atoms with van der Waals surface area (Å²) >= 11 is 6.09. The second-order valence-corrected chi connectivity index (χ2v) is 6.54. The molecule has 2 aliphatic rings. The minimum Gasteiger partial charge on any atom is -0.387 e. The fourth-order valence-electron chi connectivity index (χ4n) is 3.89. The molecule has 104 valence electrons. The summed E-state index contributed by atoms with van der Waals surface area (Å²) in [5.41, 5.74) is 0.824. The molecule has 4 unspecified atom stereocenters. The van der Waals surface area contributed by atoms with Crippen molar-refractivity contribution in [3.63, 3.8) is 0 Å². The second kappa shape index (κ2) is 5.82. The van der Waals surface area contributed by atoms with Gasteiger partial charge in [0.15, 0.2) is 0 Å². The summed E-state index contributed by atoms with van der Waals surface area (Å²) in [6.45, 7) is 1.64. The van der Waals surface area contributed by atoms with Crippen LogP contribution in [0.3, 0.4) is 0 Å². The van der Waals surface area contributed by atoms with Gasteiger partial charge in [-0.2, -0.15) is 0 Å². The zero-order chi connectivity index (χ0) is 13.2. The fraction of sp³-hybridized carbons (Fsp3) is 0.625. The van der Waals surface area contributed by atoms with Crippen LogP contribution in [0.5, 0.6) is 0 Å². The van der Waals surface area contributed by atoms with Gasteiger partial charge in [-0.3, -0.25) is 0 Å². The van der Waals surface area contributed by atoms with Crippen molar-refractivity contribution in [1.82, 2.24) is 5.32 Å². The van der Waals surface area contributed by atoms with Crippen molar-refractivity contribution in [2.45, 2.75) is 31.8 Å². The third-order valence-corrected chi connectivity index (χ3v) is 5.24. The molecule has 0 heterocycles. The molecule has 2 nitrogen and oxygen atoms in total. The SMILES string of the molecule is OC(CNCC1CC2CCC1C2)c1ccccc1Cl. The first-order chi connectivity index (χ1) is 9.24. The number of hydrogen-bond acceptors (Lipinski definition) is 2. The lowest BCUT2D eigenvalue weighted by Gasteiger charge is -2.23. The number of aliphatic hydroxyl groups excluding tert-OH is 1. The van der Waals surface area contributed by atoms with E-state index in [0.29, 0.717) is 11.6 Å². The summed E-state index contributed by atoms with van der Waals surface area (Å²) in [6.07, 6.45) is 5.19. The highest BCUT2D eigenvalue weighted by atomic mass is 35.5. The second-order valence-electron chi connectivity index (χ2n) is 6.13. The van der Waals surface area contributed by atoms with Crippen molar-refractivity contribution in [2.24, 2.45) is 17.8 Å². The Balaban J connectivity index is 1.46. The van der Waals surface area contributed by atoms with E-state index in [-0.39, 0.29) is 0 Å². The monoisotopic (exact) mass is 279 g/mol. The number of nitrogens with one attached hydrogen (secondary N) is 1. The van der Waals surface area contributed by atoms with Crippen LogP contribution >= 0.6 is 11.6 Å². The number of aliphatic hydroxyl groups is 1. The van der Waals surface area contributed by atoms with E-state index >= 15 is 0 Å². The highest BCUT2D eigenvalue weighted by Crippen LogP contribution is 2.47. The zero-order valence-electron chi connectivity index (χ0n) is 11.2. The minimum absolute atomic E-state index is 0.507. The Morgan fingerprint density at radius 2 is 2.11 bits per heavy atom. The predicted molar refractivity (Wildman–Crippen MR) is 78.2 cm³/mol. The van der Waals surface area contributed by atoms with Crippen molar-refractivity contribution in [3.05, 3.63) is 34.9 Å². The summed E-state index contributed by atoms with van der Waals surface area (Å²) in [4.78, 5) is 0. The third kappa shape index (κ3) is 2.96. The quantitative estimate of drug-likeness (QED) is 0.866. The first kappa shape index (κ1) is 13.4. The van der Waals surface area contributed by atoms with Gasteiger partial charge in [0, 0.05) is 17.1 Å². The maximum absolute atomic E-state index is 10.2. The number of hydrogen-bond donors (Lipinski definition) is 2. The van der Waals surface area contributed by atoms with Gasteiger partial charge >= 0.3 is 0 Å². The standard InChI is InChI=1S/C16H22ClNO/c17-15-4-2-1-3-14(15)16(19)10-18-9-13-8-11-5-6-12(13)7-11/h1-4,11-13,16,18-19H,5-10H2. The zero-order valence-corrected chi connectivity index (χ0v) is 11.9. The first-order valence-corrected chi connectivity index (χ1v) is 7.75. The molecule has 1 aromatic rings. The number of rotatable bonds is 5. The Morgan fingerprint density at radius 3 is 2.79 bits per heavy atom. The summed E-state index contributed by atoms with van der Waals surface area (Å²) in [5.74, 6) is 2.76. The molecule has 0 spiro atoms. The van der Waals surface area contributed by atoms with Crippen LogP contribution in [0.15, 0.2) is 24.3 Å². The van der Waals surface area contributed by atoms with Crippen LogP contribution in [0.2, 0.25) is 5.02 Å². The maximum Gasteiger partial charge on any atom is 0.0928 e. The molecule has 19 heavy (non-hydrogen) atoms. The van der Waals surface area contributed by atoms with E-state index in [1.165, 1.54) is 25.7 Å². The molecule has 2 fully saturated rings. The number of halogens is 1. The molecule has 3 rings (SSSR count). The van der Waals surface area contributed by atoms with E-state index < -0.39 is 6.10 Å². The lowest BCUT2D eigenvalue weighted by molar-refractivity contribution is 0.170. The van der Waals surface area contributed by atoms with Gasteiger partial charge in [-0.15, -0.1) is 0 Å². The Morgan fingerprint density at radius 1 is 1.26 bits per heavy atom. The van der Waals surface area contributed by atoms with Gasteiger partial charge in [0.25, 0.3) is 0 Å². The van der Waals surface area contributed by atoms with Gasteiger partial charge in [-0.05, 0) is 49.6 Å². The summed E-state index contributed by atoms with van der Waals surface area (Å²) in [7, 11) is 0. The van der Waals surface area contributed by atoms with Gasteiger partial charge in [0.1, 0.15) is 0 Å². The Hall–Kier alpha value is -0.570. The fourth-order valence-corrected chi connectivity index (χ4v) is 4.15. The van der Waals surface area contributed by atoms with Gasteiger partial charge < -0.3 is 10.4 Å². The van der Waals surface area contributed by atoms with Crippen LogP contribution in [-0.2, 0) is 0 Å². The average molecular weight is 280 g/mol. The topological polar surface area (TPSA) is 32.3 Å². The predicted octanol–water partition coefficient (Wildman–Crippen LogP) is 3.40. The van der Waals surface area contributed by atoms with Crippen molar-refractivity contribution < 1.29 is 5.11 Å². The van der Waals surface area contributed by atoms with Crippen LogP contribution in [0.1, 0.15) is 37.4 Å². The van der Waals surface area contributed by atoms with Crippen molar-refractivity contribution >= 4 is 11.6 Å². The van der Waals surface area contributed by atoms with Crippen LogP contribution in [-0.4, -0.2) is 18.2 Å². The molecule has 0 radical (unpaired) electrons. The van der Waals surface area contributed by atoms with Gasteiger partial charge in [-0.1, -0.05) is 36.2 Å². The molecule has 0 aromatic heterocycles. The Labute approximate surface area is 120 Å². The van der Waals surface area contributed by atoms with Gasteiger partial charge in [-0.25, -0.2) is 0 Å². The summed E-state index contributed by atoms with van der Waals surface area (Å²) in [6, 6.07) is 7.53. The van der Waals surface area contributed by atoms with Gasteiger partial charge in [0.05, 0.1) is 6.10 Å². The molecule has 2 aliphatic carbocycles. The number of benzene rings is 1. The molecular formula is C16H22ClNO. The minimum atomic E-state index is -0.507. The van der Waals surface area contributed by atoms with Crippen LogP contribution < -0.4 is 5.32 Å². The molecule has 2 bridgehead atoms. The van der Waals surface area contributed by atoms with Crippen LogP contribution in [0.25, 0.3) is 0 Å². The number of fused-ring (bicyclic) bond motifs is 2. The molecule has 0 amide bonds. The van der Waals surface area contributed by atoms with Crippen LogP contribution in [0.4, 0.5) is 0 Å². The maximum atomic E-state index is 10.2. The smallest absolute Gasteiger partial charge is 0.0928 e. The van der Waals surface area contributed by atoms with E-state index in [4.69, 9.17) is 11.6 Å². The summed E-state index contributed by atoms with van der Waals surface area (Å²) < 4.78 is 0. The highest BCUT2D eigenvalue weighted by molar-refractivity contribution is 6.31. The molecule has 0 saturated heterocycles. The van der Waals surface area contributed by atoms with Gasteiger partial charge in [0.2, 0.25) is 0 Å². The molecule has 1 aromatic carbocycles. The molecule has 2 N–H and O–H groups in total. The van der Waals surface area contributed by atoms with E-state index in [0.717, 1.165) is 29.9 Å². The molecule has 4 atom stereocenters. The van der Waals surface area contributed by atoms with Crippen molar-refractivity contribution in [3.8, 4) is 0 Å². The van der Waals surface area contributed by atoms with Crippen molar-refractivity contribution in [2.75, 3.05) is 13.1 Å². The van der Waals surface area contributed by atoms with E-state index in [1.54, 1.807) is 0 Å². The van der Waals surface area contributed by atoms with E-state index in [2.05, 4.69) is 5.32 Å². The lowest BCUT2D eigenvalue weighted by Crippen LogP contribution is -2.30. The summed E-state index contributed by atoms with van der Waals surface area (Å²) in [5, 5.41) is 14.2. The largest absolute Gasteiger partial charge is 0.387 e. The third-order valence-electron chi connectivity index (χ3n) is 4.89. The van der Waals surface area contributed by atoms with E-state index in [1.807, 2.05) is 24.3 Å². The molecule has 0 aliphatic heterocycles. The lowest BCUT2D eigenvalue weighted by atomic mass is 9.89. The Kier molecular flexibility index (Phi) is 4.11.